The van der Waals surface area contributed by atoms with E-state index in [-0.39, 0.29) is 4.90 Å². The van der Waals surface area contributed by atoms with Crippen molar-refractivity contribution in [2.75, 3.05) is 10.5 Å². The summed E-state index contributed by atoms with van der Waals surface area (Å²) >= 11 is 0. The van der Waals surface area contributed by atoms with E-state index in [0.717, 1.165) is 17.7 Å². The number of sulfonamides is 1. The van der Waals surface area contributed by atoms with E-state index >= 15 is 0 Å². The van der Waals surface area contributed by atoms with Gasteiger partial charge in [0.25, 0.3) is 10.0 Å². The average molecular weight is 305 g/mol. The van der Waals surface area contributed by atoms with Gasteiger partial charge in [-0.3, -0.25) is 9.71 Å². The minimum Gasteiger partial charge on any atom is -0.398 e. The van der Waals surface area contributed by atoms with Crippen molar-refractivity contribution in [1.82, 2.24) is 4.98 Å². The van der Waals surface area contributed by atoms with Gasteiger partial charge in [-0.25, -0.2) is 8.42 Å². The molecule has 1 aromatic heterocycles. The van der Waals surface area contributed by atoms with E-state index in [4.69, 9.17) is 5.73 Å². The quantitative estimate of drug-likeness (QED) is 0.850. The number of hydrogen-bond acceptors (Lipinski definition) is 4. The lowest BCUT2D eigenvalue weighted by Crippen LogP contribution is -2.15. The number of pyridine rings is 1. The number of aromatic nitrogens is 1. The Bertz CT molecular complexity index is 770. The van der Waals surface area contributed by atoms with Crippen molar-refractivity contribution in [2.24, 2.45) is 0 Å². The van der Waals surface area contributed by atoms with Gasteiger partial charge in [-0.2, -0.15) is 0 Å². The maximum atomic E-state index is 12.4. The van der Waals surface area contributed by atoms with Gasteiger partial charge in [0.1, 0.15) is 0 Å². The highest BCUT2D eigenvalue weighted by Crippen LogP contribution is 2.22. The number of benzene rings is 1. The average Bonchev–Trinajstić information content (AvgIpc) is 2.42. The van der Waals surface area contributed by atoms with Gasteiger partial charge in [0.15, 0.2) is 0 Å². The highest BCUT2D eigenvalue weighted by atomic mass is 32.2. The maximum absolute atomic E-state index is 12.4. The Kier molecular flexibility index (Phi) is 4.18. The summed E-state index contributed by atoms with van der Waals surface area (Å²) in [7, 11) is -3.67. The van der Waals surface area contributed by atoms with Gasteiger partial charge >= 0.3 is 0 Å². The standard InChI is InChI=1S/C15H19N3O2S/c1-4-12-6-7-13(9-14(12)16)21(19,20)18-15-8-5-10(2)17-11(15)3/h5-9,18H,4,16H2,1-3H3. The molecular formula is C15H19N3O2S. The number of hydrogen-bond donors (Lipinski definition) is 2. The van der Waals surface area contributed by atoms with Crippen LogP contribution >= 0.6 is 0 Å². The molecule has 2 rings (SSSR count). The summed E-state index contributed by atoms with van der Waals surface area (Å²) in [5.74, 6) is 0. The molecule has 0 saturated heterocycles. The zero-order valence-electron chi connectivity index (χ0n) is 12.3. The first-order valence-electron chi connectivity index (χ1n) is 6.69. The van der Waals surface area contributed by atoms with Crippen LogP contribution in [0.15, 0.2) is 35.2 Å². The van der Waals surface area contributed by atoms with Crippen molar-refractivity contribution in [1.29, 1.82) is 0 Å². The summed E-state index contributed by atoms with van der Waals surface area (Å²) in [5, 5.41) is 0. The first-order chi connectivity index (χ1) is 9.83. The van der Waals surface area contributed by atoms with Crippen molar-refractivity contribution in [3.05, 3.63) is 47.3 Å². The van der Waals surface area contributed by atoms with Crippen molar-refractivity contribution >= 4 is 21.4 Å². The van der Waals surface area contributed by atoms with E-state index in [0.29, 0.717) is 17.1 Å². The number of aryl methyl sites for hydroxylation is 3. The fourth-order valence-corrected chi connectivity index (χ4v) is 3.21. The number of anilines is 2. The Morgan fingerprint density at radius 3 is 2.48 bits per heavy atom. The molecule has 0 saturated carbocycles. The third-order valence-electron chi connectivity index (χ3n) is 3.28. The Morgan fingerprint density at radius 1 is 1.19 bits per heavy atom. The minimum absolute atomic E-state index is 0.150. The second-order valence-electron chi connectivity index (χ2n) is 4.91. The molecule has 0 unspecified atom stereocenters. The molecular weight excluding hydrogens is 286 g/mol. The van der Waals surface area contributed by atoms with Crippen LogP contribution in [0.3, 0.4) is 0 Å². The van der Waals surface area contributed by atoms with Crippen molar-refractivity contribution in [2.45, 2.75) is 32.1 Å². The predicted octanol–water partition coefficient (Wildman–Crippen LogP) is 2.64. The van der Waals surface area contributed by atoms with Crippen molar-refractivity contribution in [3.8, 4) is 0 Å². The summed E-state index contributed by atoms with van der Waals surface area (Å²) in [6, 6.07) is 8.26. The summed E-state index contributed by atoms with van der Waals surface area (Å²) in [6.07, 6.45) is 0.764. The lowest BCUT2D eigenvalue weighted by molar-refractivity contribution is 0.601. The summed E-state index contributed by atoms with van der Waals surface area (Å²) in [5.41, 5.74) is 9.23. The van der Waals surface area contributed by atoms with Gasteiger partial charge in [-0.05, 0) is 50.1 Å². The van der Waals surface area contributed by atoms with Crippen LogP contribution in [0.25, 0.3) is 0 Å². The summed E-state index contributed by atoms with van der Waals surface area (Å²) in [6.45, 7) is 5.59. The number of nitrogen functional groups attached to an aromatic ring is 1. The van der Waals surface area contributed by atoms with Crippen LogP contribution in [0.4, 0.5) is 11.4 Å². The molecule has 1 aromatic carbocycles. The van der Waals surface area contributed by atoms with E-state index in [1.54, 1.807) is 31.2 Å². The van der Waals surface area contributed by atoms with E-state index in [1.165, 1.54) is 6.07 Å². The van der Waals surface area contributed by atoms with Crippen LogP contribution in [0.2, 0.25) is 0 Å². The lowest BCUT2D eigenvalue weighted by atomic mass is 10.1. The van der Waals surface area contributed by atoms with E-state index < -0.39 is 10.0 Å². The molecule has 0 bridgehead atoms. The highest BCUT2D eigenvalue weighted by molar-refractivity contribution is 7.92. The minimum atomic E-state index is -3.67. The molecule has 1 heterocycles. The fraction of sp³-hybridized carbons (Fsp3) is 0.267. The maximum Gasteiger partial charge on any atom is 0.262 e. The van der Waals surface area contributed by atoms with Crippen LogP contribution in [0.5, 0.6) is 0 Å². The van der Waals surface area contributed by atoms with Crippen LogP contribution in [0.1, 0.15) is 23.9 Å². The van der Waals surface area contributed by atoms with E-state index in [1.807, 2.05) is 13.8 Å². The molecule has 3 N–H and O–H groups in total. The molecule has 21 heavy (non-hydrogen) atoms. The highest BCUT2D eigenvalue weighted by Gasteiger charge is 2.16. The Balaban J connectivity index is 2.36. The van der Waals surface area contributed by atoms with E-state index in [2.05, 4.69) is 9.71 Å². The van der Waals surface area contributed by atoms with Crippen LogP contribution < -0.4 is 10.5 Å². The molecule has 6 heteroatoms. The third kappa shape index (κ3) is 3.33. The smallest absolute Gasteiger partial charge is 0.262 e. The molecule has 0 atom stereocenters. The zero-order valence-corrected chi connectivity index (χ0v) is 13.2. The van der Waals surface area contributed by atoms with Crippen molar-refractivity contribution < 1.29 is 8.42 Å². The number of rotatable bonds is 4. The Hall–Kier alpha value is -2.08. The van der Waals surface area contributed by atoms with Crippen LogP contribution in [-0.4, -0.2) is 13.4 Å². The van der Waals surface area contributed by atoms with Gasteiger partial charge < -0.3 is 5.73 Å². The zero-order chi connectivity index (χ0) is 15.6. The SMILES string of the molecule is CCc1ccc(S(=O)(=O)Nc2ccc(C)nc2C)cc1N. The molecule has 0 spiro atoms. The van der Waals surface area contributed by atoms with Gasteiger partial charge in [0.05, 0.1) is 16.3 Å². The summed E-state index contributed by atoms with van der Waals surface area (Å²) < 4.78 is 27.3. The molecule has 0 aliphatic rings. The van der Waals surface area contributed by atoms with Gasteiger partial charge in [-0.1, -0.05) is 13.0 Å². The monoisotopic (exact) mass is 305 g/mol. The molecule has 0 aliphatic heterocycles. The predicted molar refractivity (Wildman–Crippen MR) is 84.8 cm³/mol. The van der Waals surface area contributed by atoms with Crippen LogP contribution in [0, 0.1) is 13.8 Å². The van der Waals surface area contributed by atoms with E-state index in [9.17, 15) is 8.42 Å². The third-order valence-corrected chi connectivity index (χ3v) is 4.64. The normalized spacial score (nSPS) is 11.4. The van der Waals surface area contributed by atoms with Gasteiger partial charge in [0.2, 0.25) is 0 Å². The molecule has 0 fully saturated rings. The Morgan fingerprint density at radius 2 is 1.90 bits per heavy atom. The first kappa shape index (κ1) is 15.3. The number of nitrogens with zero attached hydrogens (tertiary/aromatic N) is 1. The topological polar surface area (TPSA) is 85.1 Å². The second kappa shape index (κ2) is 5.73. The summed E-state index contributed by atoms with van der Waals surface area (Å²) in [4.78, 5) is 4.39. The molecule has 0 aliphatic carbocycles. The molecule has 5 nitrogen and oxygen atoms in total. The van der Waals surface area contributed by atoms with Crippen molar-refractivity contribution in [3.63, 3.8) is 0 Å². The first-order valence-corrected chi connectivity index (χ1v) is 8.17. The van der Waals surface area contributed by atoms with Gasteiger partial charge in [-0.15, -0.1) is 0 Å². The molecule has 112 valence electrons. The lowest BCUT2D eigenvalue weighted by Gasteiger charge is -2.12. The number of nitrogens with one attached hydrogen (secondary N) is 1. The second-order valence-corrected chi connectivity index (χ2v) is 6.59. The fourth-order valence-electron chi connectivity index (χ4n) is 2.06. The molecule has 0 amide bonds. The van der Waals surface area contributed by atoms with Gasteiger partial charge in [0, 0.05) is 11.4 Å². The largest absolute Gasteiger partial charge is 0.398 e. The Labute approximate surface area is 125 Å². The molecule has 0 radical (unpaired) electrons. The molecule has 2 aromatic rings. The van der Waals surface area contributed by atoms with Crippen LogP contribution in [-0.2, 0) is 16.4 Å². The number of nitrogens with two attached hydrogens (primary N) is 1.